The molecule has 0 aromatic carbocycles. The number of carbonyl (C=O) groups is 2. The Balaban J connectivity index is 2.80. The van der Waals surface area contributed by atoms with Crippen molar-refractivity contribution in [2.24, 2.45) is 11.8 Å². The number of carboxylic acid groups (broad SMARTS) is 1. The van der Waals surface area contributed by atoms with E-state index in [4.69, 9.17) is 0 Å². The summed E-state index contributed by atoms with van der Waals surface area (Å²) in [7, 11) is 3.96. The molecule has 5 heteroatoms. The molecule has 0 aromatic heterocycles. The molecule has 3 atom stereocenters. The van der Waals surface area contributed by atoms with Gasteiger partial charge < -0.3 is 14.9 Å². The monoisotopic (exact) mass is 284 g/mol. The first kappa shape index (κ1) is 17.0. The minimum absolute atomic E-state index is 0.0222. The SMILES string of the molecule is CCN(C(=O)[C@@H]1CCCC[C@@H]1C(=O)O)C(C)CN(C)C. The Morgan fingerprint density at radius 2 is 1.75 bits per heavy atom. The largest absolute Gasteiger partial charge is 0.481 e. The molecule has 0 radical (unpaired) electrons. The van der Waals surface area contributed by atoms with Crippen molar-refractivity contribution in [1.82, 2.24) is 9.80 Å². The number of rotatable bonds is 6. The first-order valence-corrected chi connectivity index (χ1v) is 7.56. The lowest BCUT2D eigenvalue weighted by atomic mass is 9.78. The summed E-state index contributed by atoms with van der Waals surface area (Å²) < 4.78 is 0. The van der Waals surface area contributed by atoms with E-state index in [1.54, 1.807) is 0 Å². The molecule has 0 aliphatic heterocycles. The van der Waals surface area contributed by atoms with Crippen LogP contribution in [0.25, 0.3) is 0 Å². The van der Waals surface area contributed by atoms with Gasteiger partial charge in [0.15, 0.2) is 0 Å². The third-order valence-corrected chi connectivity index (χ3v) is 4.19. The molecule has 1 rings (SSSR count). The first-order chi connectivity index (χ1) is 9.38. The Kier molecular flexibility index (Phi) is 6.46. The van der Waals surface area contributed by atoms with E-state index in [0.29, 0.717) is 19.4 Å². The Morgan fingerprint density at radius 3 is 2.20 bits per heavy atom. The van der Waals surface area contributed by atoms with Crippen LogP contribution in [-0.4, -0.2) is 60.0 Å². The van der Waals surface area contributed by atoms with E-state index in [1.165, 1.54) is 0 Å². The molecule has 20 heavy (non-hydrogen) atoms. The quantitative estimate of drug-likeness (QED) is 0.806. The predicted molar refractivity (Wildman–Crippen MR) is 78.5 cm³/mol. The number of hydrogen-bond acceptors (Lipinski definition) is 3. The van der Waals surface area contributed by atoms with E-state index in [2.05, 4.69) is 4.90 Å². The van der Waals surface area contributed by atoms with Crippen molar-refractivity contribution in [3.8, 4) is 0 Å². The van der Waals surface area contributed by atoms with Crippen LogP contribution in [-0.2, 0) is 9.59 Å². The maximum Gasteiger partial charge on any atom is 0.307 e. The van der Waals surface area contributed by atoms with Gasteiger partial charge in [0.25, 0.3) is 0 Å². The van der Waals surface area contributed by atoms with Crippen molar-refractivity contribution in [2.75, 3.05) is 27.2 Å². The maximum absolute atomic E-state index is 12.7. The zero-order valence-corrected chi connectivity index (χ0v) is 13.1. The molecule has 1 aliphatic carbocycles. The lowest BCUT2D eigenvalue weighted by Crippen LogP contribution is -2.49. The van der Waals surface area contributed by atoms with E-state index >= 15 is 0 Å². The summed E-state index contributed by atoms with van der Waals surface area (Å²) in [5.41, 5.74) is 0. The lowest BCUT2D eigenvalue weighted by molar-refractivity contribution is -0.153. The van der Waals surface area contributed by atoms with Crippen LogP contribution in [0.4, 0.5) is 0 Å². The van der Waals surface area contributed by atoms with Gasteiger partial charge in [-0.05, 0) is 40.8 Å². The van der Waals surface area contributed by atoms with Gasteiger partial charge >= 0.3 is 5.97 Å². The number of likely N-dealkylation sites (N-methyl/N-ethyl adjacent to an activating group) is 2. The van der Waals surface area contributed by atoms with Crippen molar-refractivity contribution in [1.29, 1.82) is 0 Å². The van der Waals surface area contributed by atoms with Crippen molar-refractivity contribution in [3.05, 3.63) is 0 Å². The Hall–Kier alpha value is -1.10. The van der Waals surface area contributed by atoms with Gasteiger partial charge in [-0.15, -0.1) is 0 Å². The highest BCUT2D eigenvalue weighted by Gasteiger charge is 2.38. The van der Waals surface area contributed by atoms with Gasteiger partial charge in [0.1, 0.15) is 0 Å². The average Bonchev–Trinajstić information content (AvgIpc) is 2.38. The topological polar surface area (TPSA) is 60.9 Å². The van der Waals surface area contributed by atoms with Gasteiger partial charge in [-0.25, -0.2) is 0 Å². The molecule has 1 aliphatic rings. The normalized spacial score (nSPS) is 24.4. The molecule has 116 valence electrons. The second-order valence-electron chi connectivity index (χ2n) is 6.07. The van der Waals surface area contributed by atoms with E-state index < -0.39 is 11.9 Å². The van der Waals surface area contributed by atoms with Crippen molar-refractivity contribution in [2.45, 2.75) is 45.6 Å². The van der Waals surface area contributed by atoms with Crippen LogP contribution in [0, 0.1) is 11.8 Å². The summed E-state index contributed by atoms with van der Waals surface area (Å²) in [6.07, 6.45) is 3.21. The summed E-state index contributed by atoms with van der Waals surface area (Å²) in [6, 6.07) is 0.110. The minimum Gasteiger partial charge on any atom is -0.481 e. The lowest BCUT2D eigenvalue weighted by Gasteiger charge is -2.36. The number of nitrogens with zero attached hydrogens (tertiary/aromatic N) is 2. The summed E-state index contributed by atoms with van der Waals surface area (Å²) in [6.45, 7) is 5.42. The third kappa shape index (κ3) is 4.20. The Morgan fingerprint density at radius 1 is 1.20 bits per heavy atom. The second-order valence-corrected chi connectivity index (χ2v) is 6.07. The van der Waals surface area contributed by atoms with Gasteiger partial charge in [0.2, 0.25) is 5.91 Å². The molecular formula is C15H28N2O3. The molecule has 1 N–H and O–H groups in total. The molecule has 0 aromatic rings. The number of aliphatic carboxylic acids is 1. The second kappa shape index (κ2) is 7.62. The molecule has 0 saturated heterocycles. The van der Waals surface area contributed by atoms with Crippen molar-refractivity contribution < 1.29 is 14.7 Å². The fourth-order valence-corrected chi connectivity index (χ4v) is 3.25. The molecule has 0 heterocycles. The van der Waals surface area contributed by atoms with Gasteiger partial charge in [-0.3, -0.25) is 9.59 Å². The van der Waals surface area contributed by atoms with Crippen LogP contribution in [0.2, 0.25) is 0 Å². The van der Waals surface area contributed by atoms with E-state index in [9.17, 15) is 14.7 Å². The highest BCUT2D eigenvalue weighted by Crippen LogP contribution is 2.32. The minimum atomic E-state index is -0.820. The summed E-state index contributed by atoms with van der Waals surface area (Å²) in [5.74, 6) is -1.64. The average molecular weight is 284 g/mol. The van der Waals surface area contributed by atoms with Crippen LogP contribution >= 0.6 is 0 Å². The van der Waals surface area contributed by atoms with Crippen LogP contribution in [0.3, 0.4) is 0 Å². The highest BCUT2D eigenvalue weighted by atomic mass is 16.4. The molecule has 1 fully saturated rings. The number of hydrogen-bond donors (Lipinski definition) is 1. The van der Waals surface area contributed by atoms with Crippen LogP contribution in [0.1, 0.15) is 39.5 Å². The van der Waals surface area contributed by atoms with Crippen molar-refractivity contribution >= 4 is 11.9 Å². The number of carboxylic acids is 1. The molecule has 0 spiro atoms. The summed E-state index contributed by atoms with van der Waals surface area (Å²) in [4.78, 5) is 28.0. The smallest absolute Gasteiger partial charge is 0.307 e. The summed E-state index contributed by atoms with van der Waals surface area (Å²) in [5, 5.41) is 9.32. The van der Waals surface area contributed by atoms with Gasteiger partial charge in [0, 0.05) is 19.1 Å². The molecular weight excluding hydrogens is 256 g/mol. The van der Waals surface area contributed by atoms with Gasteiger partial charge in [-0.1, -0.05) is 12.8 Å². The first-order valence-electron chi connectivity index (χ1n) is 7.56. The van der Waals surface area contributed by atoms with Crippen LogP contribution < -0.4 is 0 Å². The Bertz CT molecular complexity index is 344. The fraction of sp³-hybridized carbons (Fsp3) is 0.867. The zero-order valence-electron chi connectivity index (χ0n) is 13.1. The molecule has 0 bridgehead atoms. The third-order valence-electron chi connectivity index (χ3n) is 4.19. The van der Waals surface area contributed by atoms with E-state index in [0.717, 1.165) is 19.4 Å². The van der Waals surface area contributed by atoms with Crippen LogP contribution in [0.5, 0.6) is 0 Å². The van der Waals surface area contributed by atoms with Gasteiger partial charge in [0.05, 0.1) is 11.8 Å². The molecule has 1 unspecified atom stereocenters. The van der Waals surface area contributed by atoms with Gasteiger partial charge in [-0.2, -0.15) is 0 Å². The maximum atomic E-state index is 12.7. The summed E-state index contributed by atoms with van der Waals surface area (Å²) >= 11 is 0. The van der Waals surface area contributed by atoms with E-state index in [-0.39, 0.29) is 17.9 Å². The Labute approximate surface area is 121 Å². The standard InChI is InChI=1S/C15H28N2O3/c1-5-17(11(2)10-16(3)4)14(18)12-8-6-7-9-13(12)15(19)20/h11-13H,5-10H2,1-4H3,(H,19,20)/t11?,12-,13+/m1/s1. The predicted octanol–water partition coefficient (Wildman–Crippen LogP) is 1.68. The highest BCUT2D eigenvalue weighted by molar-refractivity contribution is 5.85. The van der Waals surface area contributed by atoms with E-state index in [1.807, 2.05) is 32.8 Å². The van der Waals surface area contributed by atoms with Crippen LogP contribution in [0.15, 0.2) is 0 Å². The number of amides is 1. The fourth-order valence-electron chi connectivity index (χ4n) is 3.25. The molecule has 1 amide bonds. The molecule has 5 nitrogen and oxygen atoms in total. The van der Waals surface area contributed by atoms with Crippen molar-refractivity contribution in [3.63, 3.8) is 0 Å². The number of carbonyl (C=O) groups excluding carboxylic acids is 1. The molecule has 1 saturated carbocycles. The zero-order chi connectivity index (χ0) is 15.3.